The molecule has 2 heteroatoms. The number of hydrogen-bond acceptors (Lipinski definition) is 2. The Hall–Kier alpha value is -6.77. The fraction of sp³-hybridized carbons (Fsp3) is 0. The molecule has 51 heavy (non-hydrogen) atoms. The van der Waals surface area contributed by atoms with E-state index in [1.165, 1.54) is 16.7 Å². The zero-order valence-electron chi connectivity index (χ0n) is 28.2. The van der Waals surface area contributed by atoms with Crippen molar-refractivity contribution in [1.29, 1.82) is 0 Å². The van der Waals surface area contributed by atoms with Crippen LogP contribution in [0.5, 0.6) is 0 Å². The molecule has 2 N–H and O–H groups in total. The Kier molecular flexibility index (Phi) is 8.64. The van der Waals surface area contributed by atoms with Crippen molar-refractivity contribution in [2.75, 3.05) is 5.73 Å². The van der Waals surface area contributed by atoms with Crippen LogP contribution in [0.1, 0.15) is 16.7 Å². The van der Waals surface area contributed by atoms with E-state index in [-0.39, 0.29) is 0 Å². The third kappa shape index (κ3) is 6.51. The Labute approximate surface area is 299 Å². The first-order valence-corrected chi connectivity index (χ1v) is 17.2. The number of fused-ring (bicyclic) bond motifs is 1. The predicted octanol–water partition coefficient (Wildman–Crippen LogP) is 12.6. The summed E-state index contributed by atoms with van der Waals surface area (Å²) in [7, 11) is 0. The second-order valence-electron chi connectivity index (χ2n) is 12.7. The molecule has 0 amide bonds. The van der Waals surface area contributed by atoms with Gasteiger partial charge in [0.05, 0.1) is 16.9 Å². The molecule has 1 heterocycles. The summed E-state index contributed by atoms with van der Waals surface area (Å²) in [5.41, 5.74) is 22.4. The van der Waals surface area contributed by atoms with E-state index in [9.17, 15) is 0 Å². The summed E-state index contributed by atoms with van der Waals surface area (Å²) in [6.07, 6.45) is 2.15. The lowest BCUT2D eigenvalue weighted by atomic mass is 9.90. The number of aromatic nitrogens is 1. The average Bonchev–Trinajstić information content (AvgIpc) is 3.21. The van der Waals surface area contributed by atoms with Crippen LogP contribution in [0.3, 0.4) is 0 Å². The van der Waals surface area contributed by atoms with E-state index >= 15 is 0 Å². The van der Waals surface area contributed by atoms with Crippen LogP contribution in [0.2, 0.25) is 0 Å². The summed E-state index contributed by atoms with van der Waals surface area (Å²) >= 11 is 0. The van der Waals surface area contributed by atoms with Crippen molar-refractivity contribution in [2.45, 2.75) is 0 Å². The first-order chi connectivity index (χ1) is 25.1. The minimum atomic E-state index is 0.634. The molecule has 0 aliphatic heterocycles. The van der Waals surface area contributed by atoms with Crippen LogP contribution < -0.4 is 5.73 Å². The summed E-state index contributed by atoms with van der Waals surface area (Å²) in [6.45, 7) is 4.51. The number of allylic oxidation sites excluding steroid dienone is 2. The molecule has 0 aliphatic rings. The number of anilines is 1. The molecule has 242 valence electrons. The van der Waals surface area contributed by atoms with Gasteiger partial charge in [0.25, 0.3) is 0 Å². The zero-order chi connectivity index (χ0) is 34.6. The highest BCUT2D eigenvalue weighted by Crippen LogP contribution is 2.40. The van der Waals surface area contributed by atoms with Gasteiger partial charge in [0.15, 0.2) is 0 Å². The van der Waals surface area contributed by atoms with Crippen molar-refractivity contribution in [2.24, 2.45) is 0 Å². The fourth-order valence-corrected chi connectivity index (χ4v) is 6.72. The number of rotatable bonds is 8. The lowest BCUT2D eigenvalue weighted by molar-refractivity contribution is 1.39. The van der Waals surface area contributed by atoms with Gasteiger partial charge in [0.2, 0.25) is 0 Å². The maximum atomic E-state index is 7.22. The van der Waals surface area contributed by atoms with Crippen LogP contribution in [0.4, 0.5) is 5.69 Å². The van der Waals surface area contributed by atoms with E-state index in [1.807, 2.05) is 24.3 Å². The van der Waals surface area contributed by atoms with Gasteiger partial charge in [-0.3, -0.25) is 0 Å². The summed E-state index contributed by atoms with van der Waals surface area (Å²) in [5.74, 6) is 0. The molecule has 0 unspecified atom stereocenters. The Morgan fingerprint density at radius 2 is 0.941 bits per heavy atom. The van der Waals surface area contributed by atoms with Crippen molar-refractivity contribution < 1.29 is 0 Å². The fourth-order valence-electron chi connectivity index (χ4n) is 6.72. The molecule has 0 aliphatic carbocycles. The highest BCUT2D eigenvalue weighted by molar-refractivity contribution is 6.06. The van der Waals surface area contributed by atoms with Gasteiger partial charge in [0.1, 0.15) is 0 Å². The molecule has 0 bridgehead atoms. The first kappa shape index (κ1) is 31.5. The van der Waals surface area contributed by atoms with Gasteiger partial charge in [-0.05, 0) is 67.8 Å². The molecule has 7 aromatic carbocycles. The molecule has 0 spiro atoms. The molecule has 1 aromatic heterocycles. The smallest absolute Gasteiger partial charge is 0.0951 e. The van der Waals surface area contributed by atoms with Crippen molar-refractivity contribution in [3.05, 3.63) is 217 Å². The van der Waals surface area contributed by atoms with Gasteiger partial charge in [-0.15, -0.1) is 0 Å². The van der Waals surface area contributed by atoms with Crippen molar-refractivity contribution in [3.63, 3.8) is 0 Å². The lowest BCUT2D eigenvalue weighted by Crippen LogP contribution is -2.00. The molecule has 0 saturated carbocycles. The Morgan fingerprint density at radius 1 is 0.471 bits per heavy atom. The number of nitrogens with two attached hydrogens (primary N) is 1. The number of benzene rings is 7. The van der Waals surface area contributed by atoms with Gasteiger partial charge in [0, 0.05) is 16.5 Å². The zero-order valence-corrected chi connectivity index (χ0v) is 28.2. The summed E-state index contributed by atoms with van der Waals surface area (Å²) < 4.78 is 0. The normalized spacial score (nSPS) is 11.4. The van der Waals surface area contributed by atoms with Crippen molar-refractivity contribution in [1.82, 2.24) is 4.98 Å². The Balaban J connectivity index is 1.25. The van der Waals surface area contributed by atoms with E-state index in [4.69, 9.17) is 10.7 Å². The second kappa shape index (κ2) is 14.0. The predicted molar refractivity (Wildman–Crippen MR) is 217 cm³/mol. The highest BCUT2D eigenvalue weighted by Gasteiger charge is 2.17. The number of nitrogens with zero attached hydrogens (tertiary/aromatic N) is 1. The van der Waals surface area contributed by atoms with Gasteiger partial charge >= 0.3 is 0 Å². The average molecular weight is 653 g/mol. The summed E-state index contributed by atoms with van der Waals surface area (Å²) in [5, 5.41) is 1.01. The first-order valence-electron chi connectivity index (χ1n) is 17.2. The van der Waals surface area contributed by atoms with Crippen LogP contribution in [0, 0.1) is 0 Å². The minimum absolute atomic E-state index is 0.634. The van der Waals surface area contributed by atoms with Crippen molar-refractivity contribution >= 4 is 27.7 Å². The number of hydrogen-bond donors (Lipinski definition) is 1. The van der Waals surface area contributed by atoms with Crippen LogP contribution in [0.15, 0.2) is 201 Å². The SMILES string of the molecule is C=C(/C=C(/c1ccccc1)c1ccc2c(-c3ccccc3)cc(-c3ccc(-c4ccccc4)cc3)nc2c1N)c1ccc(-c2ccccc2)cc1. The molecular weight excluding hydrogens is 617 g/mol. The van der Waals surface area contributed by atoms with Gasteiger partial charge in [-0.25, -0.2) is 4.98 Å². The van der Waals surface area contributed by atoms with Gasteiger partial charge in [-0.1, -0.05) is 189 Å². The molecule has 0 saturated heterocycles. The summed E-state index contributed by atoms with van der Waals surface area (Å²) in [6, 6.07) is 65.4. The molecule has 8 aromatic rings. The summed E-state index contributed by atoms with van der Waals surface area (Å²) in [4.78, 5) is 5.27. The lowest BCUT2D eigenvalue weighted by Gasteiger charge is -2.17. The quantitative estimate of drug-likeness (QED) is 0.131. The Morgan fingerprint density at radius 3 is 1.51 bits per heavy atom. The third-order valence-corrected chi connectivity index (χ3v) is 9.45. The van der Waals surface area contributed by atoms with E-state index in [0.29, 0.717) is 5.69 Å². The highest BCUT2D eigenvalue weighted by atomic mass is 14.7. The van der Waals surface area contributed by atoms with Gasteiger partial charge in [-0.2, -0.15) is 0 Å². The van der Waals surface area contributed by atoms with Crippen LogP contribution >= 0.6 is 0 Å². The molecule has 0 atom stereocenters. The Bertz CT molecular complexity index is 2480. The molecule has 2 nitrogen and oxygen atoms in total. The largest absolute Gasteiger partial charge is 0.396 e. The van der Waals surface area contributed by atoms with Crippen molar-refractivity contribution in [3.8, 4) is 44.6 Å². The minimum Gasteiger partial charge on any atom is -0.396 e. The second-order valence-corrected chi connectivity index (χ2v) is 12.7. The van der Waals surface area contributed by atoms with E-state index in [2.05, 4.69) is 176 Å². The maximum absolute atomic E-state index is 7.22. The maximum Gasteiger partial charge on any atom is 0.0951 e. The third-order valence-electron chi connectivity index (χ3n) is 9.45. The number of pyridine rings is 1. The van der Waals surface area contributed by atoms with Crippen LogP contribution in [0.25, 0.3) is 66.7 Å². The molecule has 0 fully saturated rings. The standard InChI is InChI=1S/C49H36N2/c1-34(35-22-24-38(25-23-35)36-14-6-2-7-15-36)32-45(40-18-10-4-11-19-40)43-30-31-44-46(41-20-12-5-13-21-41)33-47(51-49(44)48(43)50)42-28-26-39(27-29-42)37-16-8-3-9-17-37/h2-33H,1,50H2/b45-32-. The monoisotopic (exact) mass is 652 g/mol. The van der Waals surface area contributed by atoms with E-state index in [1.54, 1.807) is 0 Å². The molecular formula is C49H36N2. The van der Waals surface area contributed by atoms with Crippen LogP contribution in [-0.4, -0.2) is 4.98 Å². The van der Waals surface area contributed by atoms with Crippen LogP contribution in [-0.2, 0) is 0 Å². The van der Waals surface area contributed by atoms with E-state index in [0.717, 1.165) is 66.7 Å². The van der Waals surface area contributed by atoms with E-state index < -0.39 is 0 Å². The van der Waals surface area contributed by atoms with Gasteiger partial charge < -0.3 is 5.73 Å². The number of nitrogen functional groups attached to an aromatic ring is 1. The molecule has 0 radical (unpaired) electrons. The molecule has 8 rings (SSSR count). The topological polar surface area (TPSA) is 38.9 Å².